The summed E-state index contributed by atoms with van der Waals surface area (Å²) in [6.45, 7) is 11.1. The van der Waals surface area contributed by atoms with Crippen LogP contribution in [0.4, 0.5) is 5.69 Å². The first kappa shape index (κ1) is 21.6. The number of nitrogens with zero attached hydrogens (tertiary/aromatic N) is 1. The van der Waals surface area contributed by atoms with Crippen LogP contribution in [-0.2, 0) is 9.59 Å². The number of hydrogen-bond acceptors (Lipinski definition) is 4. The Labute approximate surface area is 178 Å². The summed E-state index contributed by atoms with van der Waals surface area (Å²) < 4.78 is 5.65. The SMILES string of the molecule is CCCOc1ccc(C2=C(Nc3cc(C)cc(C)c3)C(=O)N(CC(C)C)C2=O)cc1. The molecule has 2 aromatic rings. The molecule has 3 rings (SSSR count). The minimum atomic E-state index is -0.283. The minimum Gasteiger partial charge on any atom is -0.494 e. The Hall–Kier alpha value is -3.08. The van der Waals surface area contributed by atoms with E-state index in [9.17, 15) is 9.59 Å². The van der Waals surface area contributed by atoms with Crippen molar-refractivity contribution in [2.24, 2.45) is 5.92 Å². The average Bonchev–Trinajstić information content (AvgIpc) is 2.90. The van der Waals surface area contributed by atoms with E-state index in [0.717, 1.165) is 29.0 Å². The molecule has 0 saturated heterocycles. The van der Waals surface area contributed by atoms with E-state index in [1.54, 1.807) is 0 Å². The van der Waals surface area contributed by atoms with Crippen LogP contribution >= 0.6 is 0 Å². The van der Waals surface area contributed by atoms with Crippen molar-refractivity contribution >= 4 is 23.1 Å². The summed E-state index contributed by atoms with van der Waals surface area (Å²) in [5.41, 5.74) is 4.42. The summed E-state index contributed by atoms with van der Waals surface area (Å²) in [4.78, 5) is 27.7. The van der Waals surface area contributed by atoms with Crippen LogP contribution in [-0.4, -0.2) is 29.9 Å². The number of benzene rings is 2. The molecule has 1 aliphatic rings. The van der Waals surface area contributed by atoms with Crippen LogP contribution in [0.25, 0.3) is 5.57 Å². The minimum absolute atomic E-state index is 0.185. The van der Waals surface area contributed by atoms with E-state index < -0.39 is 0 Å². The van der Waals surface area contributed by atoms with Crippen molar-refractivity contribution < 1.29 is 14.3 Å². The predicted molar refractivity (Wildman–Crippen MR) is 120 cm³/mol. The number of ether oxygens (including phenoxy) is 1. The Bertz CT molecular complexity index is 954. The lowest BCUT2D eigenvalue weighted by Gasteiger charge is -2.17. The van der Waals surface area contributed by atoms with Crippen molar-refractivity contribution in [2.45, 2.75) is 41.0 Å². The quantitative estimate of drug-likeness (QED) is 0.631. The van der Waals surface area contributed by atoms with Crippen molar-refractivity contribution in [3.8, 4) is 5.75 Å². The van der Waals surface area contributed by atoms with Gasteiger partial charge in [-0.3, -0.25) is 14.5 Å². The lowest BCUT2D eigenvalue weighted by Crippen LogP contribution is -2.35. The topological polar surface area (TPSA) is 58.6 Å². The van der Waals surface area contributed by atoms with E-state index in [0.29, 0.717) is 30.0 Å². The summed E-state index contributed by atoms with van der Waals surface area (Å²) in [5.74, 6) is 0.391. The van der Waals surface area contributed by atoms with Gasteiger partial charge in [-0.25, -0.2) is 0 Å². The van der Waals surface area contributed by atoms with Crippen LogP contribution < -0.4 is 10.1 Å². The fraction of sp³-hybridized carbons (Fsp3) is 0.360. The number of aryl methyl sites for hydroxylation is 2. The molecular formula is C25H30N2O3. The number of imide groups is 1. The smallest absolute Gasteiger partial charge is 0.278 e. The van der Waals surface area contributed by atoms with E-state index in [2.05, 4.69) is 18.3 Å². The monoisotopic (exact) mass is 406 g/mol. The van der Waals surface area contributed by atoms with Gasteiger partial charge in [0.2, 0.25) is 0 Å². The fourth-order valence-electron chi connectivity index (χ4n) is 3.62. The van der Waals surface area contributed by atoms with Gasteiger partial charge in [-0.2, -0.15) is 0 Å². The molecule has 1 heterocycles. The highest BCUT2D eigenvalue weighted by Crippen LogP contribution is 2.32. The van der Waals surface area contributed by atoms with Crippen LogP contribution in [0.1, 0.15) is 43.9 Å². The highest BCUT2D eigenvalue weighted by Gasteiger charge is 2.39. The van der Waals surface area contributed by atoms with Crippen molar-refractivity contribution in [2.75, 3.05) is 18.5 Å². The van der Waals surface area contributed by atoms with Crippen LogP contribution in [0.3, 0.4) is 0 Å². The third-order valence-corrected chi connectivity index (χ3v) is 4.82. The molecule has 0 unspecified atom stereocenters. The number of nitrogens with one attached hydrogen (secondary N) is 1. The van der Waals surface area contributed by atoms with E-state index in [4.69, 9.17) is 4.74 Å². The molecule has 0 fully saturated rings. The molecule has 1 aliphatic heterocycles. The Balaban J connectivity index is 2.01. The lowest BCUT2D eigenvalue weighted by atomic mass is 10.0. The van der Waals surface area contributed by atoms with E-state index >= 15 is 0 Å². The third-order valence-electron chi connectivity index (χ3n) is 4.82. The Kier molecular flexibility index (Phi) is 6.60. The lowest BCUT2D eigenvalue weighted by molar-refractivity contribution is -0.137. The molecule has 2 amide bonds. The molecule has 5 nitrogen and oxygen atoms in total. The number of rotatable bonds is 8. The molecule has 0 aliphatic carbocycles. The first-order valence-electron chi connectivity index (χ1n) is 10.5. The molecule has 0 radical (unpaired) electrons. The van der Waals surface area contributed by atoms with Gasteiger partial charge in [0.05, 0.1) is 12.2 Å². The van der Waals surface area contributed by atoms with Gasteiger partial charge in [-0.15, -0.1) is 0 Å². The number of anilines is 1. The van der Waals surface area contributed by atoms with Crippen molar-refractivity contribution in [1.82, 2.24) is 4.90 Å². The van der Waals surface area contributed by atoms with E-state index in [-0.39, 0.29) is 17.7 Å². The summed E-state index contributed by atoms with van der Waals surface area (Å²) >= 11 is 0. The normalized spacial score (nSPS) is 14.1. The first-order valence-corrected chi connectivity index (χ1v) is 10.5. The Morgan fingerprint density at radius 3 is 2.17 bits per heavy atom. The summed E-state index contributed by atoms with van der Waals surface area (Å²) in [5, 5.41) is 3.24. The maximum Gasteiger partial charge on any atom is 0.278 e. The average molecular weight is 407 g/mol. The molecule has 0 atom stereocenters. The highest BCUT2D eigenvalue weighted by atomic mass is 16.5. The molecule has 0 bridgehead atoms. The number of carbonyl (C=O) groups is 2. The molecule has 0 saturated carbocycles. The van der Waals surface area contributed by atoms with Gasteiger partial charge in [0.15, 0.2) is 0 Å². The second-order valence-electron chi connectivity index (χ2n) is 8.24. The molecule has 0 aromatic heterocycles. The van der Waals surface area contributed by atoms with Gasteiger partial charge in [-0.05, 0) is 67.1 Å². The first-order chi connectivity index (χ1) is 14.3. The van der Waals surface area contributed by atoms with Gasteiger partial charge >= 0.3 is 0 Å². The maximum absolute atomic E-state index is 13.2. The Morgan fingerprint density at radius 1 is 0.967 bits per heavy atom. The van der Waals surface area contributed by atoms with Gasteiger partial charge in [0, 0.05) is 12.2 Å². The second-order valence-corrected chi connectivity index (χ2v) is 8.24. The molecule has 158 valence electrons. The van der Waals surface area contributed by atoms with Crippen LogP contribution in [0, 0.1) is 19.8 Å². The van der Waals surface area contributed by atoms with Crippen molar-refractivity contribution in [1.29, 1.82) is 0 Å². The third kappa shape index (κ3) is 4.73. The molecule has 2 aromatic carbocycles. The summed E-state index contributed by atoms with van der Waals surface area (Å²) in [7, 11) is 0. The van der Waals surface area contributed by atoms with Gasteiger partial charge in [0.25, 0.3) is 11.8 Å². The molecule has 1 N–H and O–H groups in total. The van der Waals surface area contributed by atoms with Gasteiger partial charge in [-0.1, -0.05) is 39.0 Å². The number of amides is 2. The zero-order chi connectivity index (χ0) is 21.8. The zero-order valence-electron chi connectivity index (χ0n) is 18.4. The number of hydrogen-bond donors (Lipinski definition) is 1. The van der Waals surface area contributed by atoms with Gasteiger partial charge < -0.3 is 10.1 Å². The van der Waals surface area contributed by atoms with Crippen molar-refractivity contribution in [3.63, 3.8) is 0 Å². The molecule has 5 heteroatoms. The zero-order valence-corrected chi connectivity index (χ0v) is 18.4. The van der Waals surface area contributed by atoms with Crippen LogP contribution in [0.15, 0.2) is 48.2 Å². The van der Waals surface area contributed by atoms with E-state index in [1.165, 1.54) is 4.90 Å². The van der Waals surface area contributed by atoms with Crippen LogP contribution in [0.5, 0.6) is 5.75 Å². The fourth-order valence-corrected chi connectivity index (χ4v) is 3.62. The number of carbonyl (C=O) groups excluding carboxylic acids is 2. The summed E-state index contributed by atoms with van der Waals surface area (Å²) in [6, 6.07) is 13.4. The van der Waals surface area contributed by atoms with Crippen LogP contribution in [0.2, 0.25) is 0 Å². The van der Waals surface area contributed by atoms with E-state index in [1.807, 2.05) is 64.1 Å². The van der Waals surface area contributed by atoms with Crippen molar-refractivity contribution in [3.05, 3.63) is 64.9 Å². The predicted octanol–water partition coefficient (Wildman–Crippen LogP) is 4.94. The Morgan fingerprint density at radius 2 is 1.60 bits per heavy atom. The highest BCUT2D eigenvalue weighted by molar-refractivity contribution is 6.36. The van der Waals surface area contributed by atoms with Gasteiger partial charge in [0.1, 0.15) is 11.4 Å². The summed E-state index contributed by atoms with van der Waals surface area (Å²) in [6.07, 6.45) is 0.925. The molecule has 0 spiro atoms. The maximum atomic E-state index is 13.2. The second kappa shape index (κ2) is 9.16. The molecule has 30 heavy (non-hydrogen) atoms. The largest absolute Gasteiger partial charge is 0.494 e. The standard InChI is InChI=1S/C25H30N2O3/c1-6-11-30-21-9-7-19(8-10-21)22-23(25(29)27(24(22)28)15-16(2)3)26-20-13-17(4)12-18(5)14-20/h7-10,12-14,16,26H,6,11,15H2,1-5H3. The molecular weight excluding hydrogens is 376 g/mol.